The Balaban J connectivity index is 1.68. The number of urea groups is 1. The fraction of sp³-hybridized carbons (Fsp3) is 0.292. The number of nitrogens with zero attached hydrogens (tertiary/aromatic N) is 4. The molecule has 0 atom stereocenters. The highest BCUT2D eigenvalue weighted by Crippen LogP contribution is 2.35. The monoisotopic (exact) mass is 460 g/mol. The van der Waals surface area contributed by atoms with Crippen molar-refractivity contribution in [2.45, 2.75) is 45.3 Å². The molecule has 1 saturated carbocycles. The van der Waals surface area contributed by atoms with Gasteiger partial charge in [-0.25, -0.2) is 19.6 Å². The fourth-order valence-corrected chi connectivity index (χ4v) is 3.69. The molecule has 0 bridgehead atoms. The number of carbonyl (C=O) groups is 3. The lowest BCUT2D eigenvalue weighted by atomic mass is 10.1. The first-order valence-corrected chi connectivity index (χ1v) is 11.0. The zero-order chi connectivity index (χ0) is 24.0. The molecule has 3 heterocycles. The molecule has 2 aromatic heterocycles. The van der Waals surface area contributed by atoms with Gasteiger partial charge >= 0.3 is 12.1 Å². The van der Waals surface area contributed by atoms with Crippen LogP contribution >= 0.6 is 0 Å². The summed E-state index contributed by atoms with van der Waals surface area (Å²) in [6, 6.07) is 8.96. The molecular formula is C24H24N6O4. The lowest BCUT2D eigenvalue weighted by molar-refractivity contribution is -0.115. The van der Waals surface area contributed by atoms with Gasteiger partial charge in [-0.05, 0) is 39.7 Å². The van der Waals surface area contributed by atoms with Gasteiger partial charge in [0.25, 0.3) is 5.91 Å². The van der Waals surface area contributed by atoms with E-state index in [2.05, 4.69) is 15.6 Å². The number of hydrogen-bond acceptors (Lipinski definition) is 6. The lowest BCUT2D eigenvalue weighted by Gasteiger charge is -2.27. The Bertz CT molecular complexity index is 1330. The van der Waals surface area contributed by atoms with Crippen molar-refractivity contribution >= 4 is 35.6 Å². The molecule has 1 aliphatic heterocycles. The molecule has 0 radical (unpaired) electrons. The number of nitrogens with one attached hydrogen (secondary N) is 2. The molecule has 34 heavy (non-hydrogen) atoms. The summed E-state index contributed by atoms with van der Waals surface area (Å²) >= 11 is 0. The highest BCUT2D eigenvalue weighted by molar-refractivity contribution is 6.14. The maximum absolute atomic E-state index is 13.2. The van der Waals surface area contributed by atoms with Crippen LogP contribution in [0, 0.1) is 0 Å². The minimum atomic E-state index is -0.670. The van der Waals surface area contributed by atoms with E-state index in [9.17, 15) is 14.4 Å². The smallest absolute Gasteiger partial charge is 0.416 e. The maximum Gasteiger partial charge on any atom is 0.416 e. The molecule has 0 unspecified atom stereocenters. The molecule has 5 rings (SSSR count). The number of ether oxygens (including phenoxy) is 1. The van der Waals surface area contributed by atoms with E-state index in [1.165, 1.54) is 6.08 Å². The van der Waals surface area contributed by atoms with Crippen LogP contribution in [0.15, 0.2) is 48.4 Å². The SMILES string of the molecule is CC(C)(C)OC(=O)N(c1nc(-c2ccccc2)cn2c(/C=C3\NC(=O)NC3=O)cnc12)C1CC1. The van der Waals surface area contributed by atoms with Crippen LogP contribution in [0.3, 0.4) is 0 Å². The Morgan fingerprint density at radius 3 is 2.53 bits per heavy atom. The maximum atomic E-state index is 13.2. The van der Waals surface area contributed by atoms with Gasteiger partial charge in [-0.1, -0.05) is 30.3 Å². The van der Waals surface area contributed by atoms with E-state index >= 15 is 0 Å². The van der Waals surface area contributed by atoms with Gasteiger partial charge in [0, 0.05) is 17.8 Å². The molecule has 1 aromatic carbocycles. The molecule has 174 valence electrons. The second-order valence-electron chi connectivity index (χ2n) is 9.24. The third kappa shape index (κ3) is 4.21. The van der Waals surface area contributed by atoms with E-state index in [-0.39, 0.29) is 11.7 Å². The lowest BCUT2D eigenvalue weighted by Crippen LogP contribution is -2.39. The normalized spacial score (nSPS) is 17.1. The average molecular weight is 460 g/mol. The van der Waals surface area contributed by atoms with Gasteiger partial charge in [0.05, 0.1) is 17.6 Å². The Morgan fingerprint density at radius 1 is 1.18 bits per heavy atom. The Labute approximate surface area is 195 Å². The molecule has 2 fully saturated rings. The fourth-order valence-electron chi connectivity index (χ4n) is 3.69. The minimum absolute atomic E-state index is 0.0319. The third-order valence-electron chi connectivity index (χ3n) is 5.32. The van der Waals surface area contributed by atoms with Gasteiger partial charge in [0.15, 0.2) is 11.5 Å². The van der Waals surface area contributed by atoms with E-state index in [0.717, 1.165) is 18.4 Å². The summed E-state index contributed by atoms with van der Waals surface area (Å²) in [6.45, 7) is 5.46. The largest absolute Gasteiger partial charge is 0.443 e. The van der Waals surface area contributed by atoms with Crippen LogP contribution in [0.2, 0.25) is 0 Å². The zero-order valence-corrected chi connectivity index (χ0v) is 19.0. The van der Waals surface area contributed by atoms with Crippen molar-refractivity contribution in [2.75, 3.05) is 4.90 Å². The second kappa shape index (κ2) is 7.98. The number of imidazole rings is 1. The van der Waals surface area contributed by atoms with Crippen LogP contribution in [0.5, 0.6) is 0 Å². The number of amides is 4. The minimum Gasteiger partial charge on any atom is -0.443 e. The number of benzene rings is 1. The zero-order valence-electron chi connectivity index (χ0n) is 19.0. The quantitative estimate of drug-likeness (QED) is 0.455. The van der Waals surface area contributed by atoms with Gasteiger partial charge in [0.1, 0.15) is 11.3 Å². The molecule has 10 heteroatoms. The summed E-state index contributed by atoms with van der Waals surface area (Å²) in [5.74, 6) is -0.145. The van der Waals surface area contributed by atoms with Crippen LogP contribution in [-0.4, -0.2) is 44.0 Å². The number of anilines is 1. The summed E-state index contributed by atoms with van der Waals surface area (Å²) in [5, 5.41) is 4.67. The summed E-state index contributed by atoms with van der Waals surface area (Å²) in [7, 11) is 0. The number of aromatic nitrogens is 3. The van der Waals surface area contributed by atoms with E-state index in [1.807, 2.05) is 51.1 Å². The first-order chi connectivity index (χ1) is 16.2. The first-order valence-electron chi connectivity index (χ1n) is 11.0. The molecule has 1 saturated heterocycles. The standard InChI is InChI=1S/C24H24N6O4/c1-24(2,3)34-23(33)30(15-9-10-15)20-19-25-12-16(11-17-21(31)28-22(32)27-17)29(19)13-18(26-20)14-7-5-4-6-8-14/h4-8,11-13,15H,9-10H2,1-3H3,(H2,27,28,31,32)/b17-11-. The van der Waals surface area contributed by atoms with E-state index in [1.54, 1.807) is 21.7 Å². The predicted octanol–water partition coefficient (Wildman–Crippen LogP) is 3.48. The number of rotatable bonds is 4. The molecule has 2 N–H and O–H groups in total. The Kier molecular flexibility index (Phi) is 5.07. The van der Waals surface area contributed by atoms with Crippen molar-refractivity contribution in [3.05, 3.63) is 54.1 Å². The highest BCUT2D eigenvalue weighted by atomic mass is 16.6. The number of imide groups is 1. The van der Waals surface area contributed by atoms with E-state index < -0.39 is 23.6 Å². The van der Waals surface area contributed by atoms with Crippen LogP contribution in [0.25, 0.3) is 23.0 Å². The molecule has 0 spiro atoms. The van der Waals surface area contributed by atoms with Crippen LogP contribution < -0.4 is 15.5 Å². The molecule has 2 aliphatic rings. The molecule has 4 amide bonds. The first kappa shape index (κ1) is 21.6. The Morgan fingerprint density at radius 2 is 1.91 bits per heavy atom. The number of fused-ring (bicyclic) bond motifs is 1. The van der Waals surface area contributed by atoms with Gasteiger partial charge in [-0.2, -0.15) is 0 Å². The van der Waals surface area contributed by atoms with Crippen molar-refractivity contribution in [1.82, 2.24) is 25.0 Å². The van der Waals surface area contributed by atoms with Gasteiger partial charge < -0.3 is 10.1 Å². The van der Waals surface area contributed by atoms with Gasteiger partial charge in [-0.3, -0.25) is 19.4 Å². The Hall–Kier alpha value is -4.21. The average Bonchev–Trinajstić information content (AvgIpc) is 3.44. The summed E-state index contributed by atoms with van der Waals surface area (Å²) in [5.41, 5.74) is 1.89. The topological polar surface area (TPSA) is 118 Å². The van der Waals surface area contributed by atoms with Crippen molar-refractivity contribution in [3.63, 3.8) is 0 Å². The third-order valence-corrected chi connectivity index (χ3v) is 5.32. The summed E-state index contributed by atoms with van der Waals surface area (Å²) in [6.07, 6.45) is 6.09. The van der Waals surface area contributed by atoms with E-state index in [0.29, 0.717) is 22.9 Å². The molecular weight excluding hydrogens is 436 g/mol. The van der Waals surface area contributed by atoms with Crippen LogP contribution in [0.4, 0.5) is 15.4 Å². The van der Waals surface area contributed by atoms with Gasteiger partial charge in [0.2, 0.25) is 0 Å². The van der Waals surface area contributed by atoms with Crippen molar-refractivity contribution in [2.24, 2.45) is 0 Å². The predicted molar refractivity (Wildman–Crippen MR) is 125 cm³/mol. The number of hydrogen-bond donors (Lipinski definition) is 2. The van der Waals surface area contributed by atoms with Crippen molar-refractivity contribution < 1.29 is 19.1 Å². The second-order valence-corrected chi connectivity index (χ2v) is 9.24. The highest BCUT2D eigenvalue weighted by Gasteiger charge is 2.39. The van der Waals surface area contributed by atoms with Crippen molar-refractivity contribution in [3.8, 4) is 11.3 Å². The summed E-state index contributed by atoms with van der Waals surface area (Å²) in [4.78, 5) is 47.7. The molecule has 10 nitrogen and oxygen atoms in total. The van der Waals surface area contributed by atoms with Crippen LogP contribution in [0.1, 0.15) is 39.3 Å². The van der Waals surface area contributed by atoms with Crippen LogP contribution in [-0.2, 0) is 9.53 Å². The van der Waals surface area contributed by atoms with Crippen molar-refractivity contribution in [1.29, 1.82) is 0 Å². The number of carbonyl (C=O) groups excluding carboxylic acids is 3. The van der Waals surface area contributed by atoms with E-state index in [4.69, 9.17) is 9.72 Å². The molecule has 1 aliphatic carbocycles. The summed E-state index contributed by atoms with van der Waals surface area (Å²) < 4.78 is 7.45. The van der Waals surface area contributed by atoms with Gasteiger partial charge in [-0.15, -0.1) is 0 Å². The molecule has 3 aromatic rings.